The molecule has 7 heteroatoms. The third kappa shape index (κ3) is 6.88. The van der Waals surface area contributed by atoms with Gasteiger partial charge in [-0.25, -0.2) is 4.98 Å². The number of amides is 1. The minimum Gasteiger partial charge on any atom is -0.493 e. The largest absolute Gasteiger partial charge is 0.493 e. The van der Waals surface area contributed by atoms with E-state index in [9.17, 15) is 9.59 Å². The van der Waals surface area contributed by atoms with Gasteiger partial charge >= 0.3 is 5.97 Å². The minimum atomic E-state index is -0.867. The Hall–Kier alpha value is -4.39. The summed E-state index contributed by atoms with van der Waals surface area (Å²) >= 11 is 0. The summed E-state index contributed by atoms with van der Waals surface area (Å²) < 4.78 is 11.8. The Bertz CT molecular complexity index is 1430. The van der Waals surface area contributed by atoms with Gasteiger partial charge in [0.25, 0.3) is 5.91 Å². The zero-order valence-electron chi connectivity index (χ0n) is 21.9. The Morgan fingerprint density at radius 1 is 0.921 bits per heavy atom. The number of nitrogens with zero attached hydrogens (tertiary/aromatic N) is 1. The zero-order valence-corrected chi connectivity index (χ0v) is 21.9. The van der Waals surface area contributed by atoms with Gasteiger partial charge in [-0.05, 0) is 85.8 Å². The average Bonchev–Trinajstić information content (AvgIpc) is 3.28. The number of carboxylic acids is 1. The molecule has 0 unspecified atom stereocenters. The number of hydrogen-bond donors (Lipinski definition) is 2. The Morgan fingerprint density at radius 2 is 1.71 bits per heavy atom. The summed E-state index contributed by atoms with van der Waals surface area (Å²) in [5, 5.41) is 12.1. The van der Waals surface area contributed by atoms with Crippen molar-refractivity contribution in [3.05, 3.63) is 106 Å². The number of carbonyl (C=O) groups is 2. The molecule has 3 aromatic carbocycles. The normalized spacial score (nSPS) is 10.8. The molecule has 1 aromatic heterocycles. The standard InChI is InChI=1S/C31H32N2O5/c1-20-9-10-25(17-21(20)2)30(36)32-19-26-18-27(13-11-23(26)12-14-29(34)35)37-16-15-28-22(3)38-31(33-28)24-7-5-4-6-8-24/h4-11,13,17-18H,12,14-16,19H2,1-3H3,(H,32,36)(H,34,35). The molecule has 2 N–H and O–H groups in total. The molecule has 38 heavy (non-hydrogen) atoms. The minimum absolute atomic E-state index is 0.00743. The van der Waals surface area contributed by atoms with Crippen molar-refractivity contribution in [1.82, 2.24) is 10.3 Å². The summed E-state index contributed by atoms with van der Waals surface area (Å²) in [7, 11) is 0. The fourth-order valence-electron chi connectivity index (χ4n) is 4.13. The van der Waals surface area contributed by atoms with Crippen LogP contribution in [0.15, 0.2) is 71.1 Å². The summed E-state index contributed by atoms with van der Waals surface area (Å²) in [6, 6.07) is 20.9. The number of rotatable bonds is 11. The number of carboxylic acid groups (broad SMARTS) is 1. The maximum Gasteiger partial charge on any atom is 0.303 e. The summed E-state index contributed by atoms with van der Waals surface area (Å²) in [4.78, 5) is 28.5. The number of aryl methyl sites for hydroxylation is 4. The predicted molar refractivity (Wildman–Crippen MR) is 145 cm³/mol. The van der Waals surface area contributed by atoms with Gasteiger partial charge in [0.05, 0.1) is 12.3 Å². The number of carbonyl (C=O) groups excluding carboxylic acids is 1. The maximum absolute atomic E-state index is 12.8. The van der Waals surface area contributed by atoms with Gasteiger partial charge in [-0.2, -0.15) is 0 Å². The van der Waals surface area contributed by atoms with E-state index in [1.165, 1.54) is 0 Å². The topological polar surface area (TPSA) is 102 Å². The SMILES string of the molecule is Cc1ccc(C(=O)NCc2cc(OCCc3nc(-c4ccccc4)oc3C)ccc2CCC(=O)O)cc1C. The van der Waals surface area contributed by atoms with Crippen molar-refractivity contribution in [3.63, 3.8) is 0 Å². The van der Waals surface area contributed by atoms with E-state index in [0.29, 0.717) is 36.7 Å². The summed E-state index contributed by atoms with van der Waals surface area (Å²) in [6.45, 7) is 6.52. The number of nitrogens with one attached hydrogen (secondary N) is 1. The van der Waals surface area contributed by atoms with E-state index in [1.807, 2.05) is 81.4 Å². The van der Waals surface area contributed by atoms with Crippen LogP contribution >= 0.6 is 0 Å². The van der Waals surface area contributed by atoms with E-state index in [2.05, 4.69) is 10.3 Å². The Kier molecular flexibility index (Phi) is 8.58. The summed E-state index contributed by atoms with van der Waals surface area (Å²) in [6.07, 6.45) is 0.945. The lowest BCUT2D eigenvalue weighted by atomic mass is 10.0. The monoisotopic (exact) mass is 512 g/mol. The highest BCUT2D eigenvalue weighted by atomic mass is 16.5. The van der Waals surface area contributed by atoms with Gasteiger partial charge in [-0.15, -0.1) is 0 Å². The fourth-order valence-corrected chi connectivity index (χ4v) is 4.13. The van der Waals surface area contributed by atoms with Gasteiger partial charge in [0.2, 0.25) is 5.89 Å². The van der Waals surface area contributed by atoms with Crippen LogP contribution in [0.5, 0.6) is 5.75 Å². The summed E-state index contributed by atoms with van der Waals surface area (Å²) in [5.41, 5.74) is 6.21. The molecule has 0 atom stereocenters. The third-order valence-electron chi connectivity index (χ3n) is 6.52. The molecule has 7 nitrogen and oxygen atoms in total. The molecule has 0 saturated heterocycles. The van der Waals surface area contributed by atoms with Crippen LogP contribution in [0.2, 0.25) is 0 Å². The molecule has 0 aliphatic heterocycles. The van der Waals surface area contributed by atoms with Crippen molar-refractivity contribution >= 4 is 11.9 Å². The molecule has 0 radical (unpaired) electrons. The number of benzene rings is 3. The molecule has 0 aliphatic rings. The first-order valence-electron chi connectivity index (χ1n) is 12.6. The molecule has 0 fully saturated rings. The first kappa shape index (κ1) is 26.7. The fraction of sp³-hybridized carbons (Fsp3) is 0.258. The Balaban J connectivity index is 1.42. The first-order valence-corrected chi connectivity index (χ1v) is 12.6. The second kappa shape index (κ2) is 12.2. The van der Waals surface area contributed by atoms with Crippen molar-refractivity contribution in [3.8, 4) is 17.2 Å². The van der Waals surface area contributed by atoms with Crippen molar-refractivity contribution in [2.24, 2.45) is 0 Å². The van der Waals surface area contributed by atoms with Crippen LogP contribution in [-0.4, -0.2) is 28.6 Å². The molecule has 0 spiro atoms. The predicted octanol–water partition coefficient (Wildman–Crippen LogP) is 5.84. The van der Waals surface area contributed by atoms with E-state index >= 15 is 0 Å². The number of ether oxygens (including phenoxy) is 1. The highest BCUT2D eigenvalue weighted by Gasteiger charge is 2.13. The number of aliphatic carboxylic acids is 1. The lowest BCUT2D eigenvalue weighted by Gasteiger charge is -2.14. The number of oxazole rings is 1. The number of hydrogen-bond acceptors (Lipinski definition) is 5. The second-order valence-corrected chi connectivity index (χ2v) is 9.29. The van der Waals surface area contributed by atoms with Crippen LogP contribution < -0.4 is 10.1 Å². The lowest BCUT2D eigenvalue weighted by molar-refractivity contribution is -0.136. The van der Waals surface area contributed by atoms with Gasteiger partial charge in [-0.3, -0.25) is 9.59 Å². The Labute approximate surface area is 222 Å². The van der Waals surface area contributed by atoms with E-state index in [4.69, 9.17) is 14.3 Å². The zero-order chi connectivity index (χ0) is 27.1. The molecular weight excluding hydrogens is 480 g/mol. The van der Waals surface area contributed by atoms with Crippen molar-refractivity contribution in [2.75, 3.05) is 6.61 Å². The molecule has 0 bridgehead atoms. The first-order chi connectivity index (χ1) is 18.3. The van der Waals surface area contributed by atoms with Crippen molar-refractivity contribution in [2.45, 2.75) is 46.6 Å². The van der Waals surface area contributed by atoms with Crippen LogP contribution in [0.3, 0.4) is 0 Å². The van der Waals surface area contributed by atoms with E-state index in [-0.39, 0.29) is 18.9 Å². The van der Waals surface area contributed by atoms with Crippen LogP contribution in [0, 0.1) is 20.8 Å². The van der Waals surface area contributed by atoms with Crippen LogP contribution in [-0.2, 0) is 24.2 Å². The van der Waals surface area contributed by atoms with Crippen LogP contribution in [0.4, 0.5) is 0 Å². The van der Waals surface area contributed by atoms with E-state index < -0.39 is 5.97 Å². The number of aromatic nitrogens is 1. The van der Waals surface area contributed by atoms with Gasteiger partial charge < -0.3 is 19.6 Å². The van der Waals surface area contributed by atoms with Crippen LogP contribution in [0.1, 0.15) is 50.5 Å². The summed E-state index contributed by atoms with van der Waals surface area (Å²) in [5.74, 6) is 0.936. The van der Waals surface area contributed by atoms with E-state index in [1.54, 1.807) is 6.07 Å². The van der Waals surface area contributed by atoms with Gasteiger partial charge in [0.1, 0.15) is 11.5 Å². The van der Waals surface area contributed by atoms with Gasteiger partial charge in [-0.1, -0.05) is 30.3 Å². The second-order valence-electron chi connectivity index (χ2n) is 9.29. The third-order valence-corrected chi connectivity index (χ3v) is 6.52. The average molecular weight is 513 g/mol. The molecule has 0 saturated carbocycles. The van der Waals surface area contributed by atoms with Crippen molar-refractivity contribution < 1.29 is 23.8 Å². The highest BCUT2D eigenvalue weighted by Crippen LogP contribution is 2.23. The molecule has 1 heterocycles. The molecule has 1 amide bonds. The molecular formula is C31H32N2O5. The van der Waals surface area contributed by atoms with Gasteiger partial charge in [0, 0.05) is 30.5 Å². The lowest BCUT2D eigenvalue weighted by Crippen LogP contribution is -2.23. The van der Waals surface area contributed by atoms with Gasteiger partial charge in [0.15, 0.2) is 0 Å². The highest BCUT2D eigenvalue weighted by molar-refractivity contribution is 5.94. The van der Waals surface area contributed by atoms with Crippen molar-refractivity contribution in [1.29, 1.82) is 0 Å². The smallest absolute Gasteiger partial charge is 0.303 e. The maximum atomic E-state index is 12.8. The van der Waals surface area contributed by atoms with E-state index in [0.717, 1.165) is 39.3 Å². The molecule has 4 rings (SSSR count). The molecule has 196 valence electrons. The molecule has 4 aromatic rings. The quantitative estimate of drug-likeness (QED) is 0.262. The Morgan fingerprint density at radius 3 is 2.45 bits per heavy atom. The van der Waals surface area contributed by atoms with Crippen LogP contribution in [0.25, 0.3) is 11.5 Å². The molecule has 0 aliphatic carbocycles.